The Bertz CT molecular complexity index is 584. The van der Waals surface area contributed by atoms with E-state index in [9.17, 15) is 0 Å². The molecule has 1 N–H and O–H groups in total. The quantitative estimate of drug-likeness (QED) is 0.854. The summed E-state index contributed by atoms with van der Waals surface area (Å²) in [6.07, 6.45) is 2.84. The summed E-state index contributed by atoms with van der Waals surface area (Å²) >= 11 is 3.62. The third-order valence-electron chi connectivity index (χ3n) is 3.46. The molecule has 4 heteroatoms. The highest BCUT2D eigenvalue weighted by atomic mass is 79.9. The smallest absolute Gasteiger partial charge is 0.119 e. The molecule has 0 aliphatic carbocycles. The first-order valence-corrected chi connectivity index (χ1v) is 7.91. The summed E-state index contributed by atoms with van der Waals surface area (Å²) in [5.41, 5.74) is 3.47. The van der Waals surface area contributed by atoms with Gasteiger partial charge in [-0.1, -0.05) is 28.9 Å². The zero-order valence-corrected chi connectivity index (χ0v) is 14.3. The van der Waals surface area contributed by atoms with Crippen LogP contribution >= 0.6 is 15.9 Å². The van der Waals surface area contributed by atoms with Crippen LogP contribution in [-0.2, 0) is 6.42 Å². The van der Waals surface area contributed by atoms with E-state index in [4.69, 9.17) is 4.74 Å². The molecule has 0 aliphatic heterocycles. The number of benzene rings is 1. The SMILES string of the molecule is CCNC(Cc1cc(OC)ccc1Br)c1ccc(C)nc1. The third kappa shape index (κ3) is 4.29. The van der Waals surface area contributed by atoms with Crippen LogP contribution in [0, 0.1) is 6.92 Å². The molecule has 0 saturated carbocycles. The molecular formula is C17H21BrN2O. The summed E-state index contributed by atoms with van der Waals surface area (Å²) < 4.78 is 6.42. The molecule has 1 aromatic heterocycles. The lowest BCUT2D eigenvalue weighted by Crippen LogP contribution is -2.23. The zero-order valence-electron chi connectivity index (χ0n) is 12.7. The van der Waals surface area contributed by atoms with Crippen LogP contribution in [0.4, 0.5) is 0 Å². The van der Waals surface area contributed by atoms with Gasteiger partial charge in [0.05, 0.1) is 7.11 Å². The number of rotatable bonds is 6. The number of aromatic nitrogens is 1. The fraction of sp³-hybridized carbons (Fsp3) is 0.353. The first kappa shape index (κ1) is 16.0. The molecule has 1 heterocycles. The van der Waals surface area contributed by atoms with Crippen LogP contribution in [0.15, 0.2) is 41.0 Å². The van der Waals surface area contributed by atoms with Crippen LogP contribution < -0.4 is 10.1 Å². The Balaban J connectivity index is 2.25. The molecule has 1 aromatic carbocycles. The second kappa shape index (κ2) is 7.57. The summed E-state index contributed by atoms with van der Waals surface area (Å²) in [4.78, 5) is 4.40. The maximum atomic E-state index is 5.32. The number of methoxy groups -OCH3 is 1. The van der Waals surface area contributed by atoms with Gasteiger partial charge in [-0.25, -0.2) is 0 Å². The Morgan fingerprint density at radius 2 is 2.10 bits per heavy atom. The lowest BCUT2D eigenvalue weighted by Gasteiger charge is -2.19. The summed E-state index contributed by atoms with van der Waals surface area (Å²) in [6, 6.07) is 10.5. The molecule has 0 radical (unpaired) electrons. The van der Waals surface area contributed by atoms with Crippen molar-refractivity contribution < 1.29 is 4.74 Å². The molecule has 2 aromatic rings. The minimum absolute atomic E-state index is 0.242. The largest absolute Gasteiger partial charge is 0.497 e. The predicted octanol–water partition coefficient (Wildman–Crippen LogP) is 4.05. The first-order chi connectivity index (χ1) is 10.1. The topological polar surface area (TPSA) is 34.1 Å². The molecule has 0 aliphatic rings. The lowest BCUT2D eigenvalue weighted by molar-refractivity contribution is 0.413. The molecule has 0 spiro atoms. The summed E-state index contributed by atoms with van der Waals surface area (Å²) in [6.45, 7) is 5.04. The van der Waals surface area contributed by atoms with Crippen LogP contribution in [0.1, 0.15) is 29.8 Å². The summed E-state index contributed by atoms with van der Waals surface area (Å²) in [7, 11) is 1.69. The highest BCUT2D eigenvalue weighted by Crippen LogP contribution is 2.27. The normalized spacial score (nSPS) is 12.2. The monoisotopic (exact) mass is 348 g/mol. The van der Waals surface area contributed by atoms with E-state index in [0.29, 0.717) is 0 Å². The molecule has 21 heavy (non-hydrogen) atoms. The van der Waals surface area contributed by atoms with E-state index < -0.39 is 0 Å². The van der Waals surface area contributed by atoms with Crippen molar-refractivity contribution in [3.8, 4) is 5.75 Å². The van der Waals surface area contributed by atoms with E-state index in [-0.39, 0.29) is 6.04 Å². The Morgan fingerprint density at radius 3 is 2.71 bits per heavy atom. The molecule has 0 saturated heterocycles. The zero-order chi connectivity index (χ0) is 15.2. The Hall–Kier alpha value is -1.39. The van der Waals surface area contributed by atoms with Crippen LogP contribution in [0.3, 0.4) is 0 Å². The molecule has 2 rings (SSSR count). The summed E-state index contributed by atoms with van der Waals surface area (Å²) in [5.74, 6) is 0.880. The van der Waals surface area contributed by atoms with Gasteiger partial charge in [-0.05, 0) is 55.3 Å². The number of hydrogen-bond donors (Lipinski definition) is 1. The Morgan fingerprint density at radius 1 is 1.29 bits per heavy atom. The fourth-order valence-corrected chi connectivity index (χ4v) is 2.70. The van der Waals surface area contributed by atoms with Gasteiger partial charge in [-0.2, -0.15) is 0 Å². The van der Waals surface area contributed by atoms with E-state index in [1.807, 2.05) is 25.3 Å². The average molecular weight is 349 g/mol. The van der Waals surface area contributed by atoms with Gasteiger partial charge < -0.3 is 10.1 Å². The molecule has 0 fully saturated rings. The lowest BCUT2D eigenvalue weighted by atomic mass is 9.99. The Kier molecular flexibility index (Phi) is 5.76. The van der Waals surface area contributed by atoms with E-state index in [0.717, 1.165) is 28.9 Å². The van der Waals surface area contributed by atoms with Gasteiger partial charge in [-0.3, -0.25) is 4.98 Å². The average Bonchev–Trinajstić information content (AvgIpc) is 2.49. The van der Waals surface area contributed by atoms with Gasteiger partial charge >= 0.3 is 0 Å². The number of ether oxygens (including phenoxy) is 1. The van der Waals surface area contributed by atoms with Crippen molar-refractivity contribution in [3.05, 3.63) is 57.8 Å². The number of pyridine rings is 1. The minimum Gasteiger partial charge on any atom is -0.497 e. The van der Waals surface area contributed by atoms with E-state index in [1.165, 1.54) is 11.1 Å². The number of halogens is 1. The molecule has 1 unspecified atom stereocenters. The number of aryl methyl sites for hydroxylation is 1. The van der Waals surface area contributed by atoms with Crippen molar-refractivity contribution in [2.45, 2.75) is 26.3 Å². The van der Waals surface area contributed by atoms with Gasteiger partial charge in [0.15, 0.2) is 0 Å². The molecule has 0 amide bonds. The van der Waals surface area contributed by atoms with Crippen LogP contribution in [-0.4, -0.2) is 18.6 Å². The van der Waals surface area contributed by atoms with Crippen molar-refractivity contribution in [1.29, 1.82) is 0 Å². The van der Waals surface area contributed by atoms with E-state index >= 15 is 0 Å². The fourth-order valence-electron chi connectivity index (χ4n) is 2.29. The molecule has 112 valence electrons. The number of hydrogen-bond acceptors (Lipinski definition) is 3. The first-order valence-electron chi connectivity index (χ1n) is 7.12. The van der Waals surface area contributed by atoms with Gasteiger partial charge in [-0.15, -0.1) is 0 Å². The highest BCUT2D eigenvalue weighted by Gasteiger charge is 2.14. The Labute approximate surface area is 134 Å². The number of likely N-dealkylation sites (N-methyl/N-ethyl adjacent to an activating group) is 1. The maximum absolute atomic E-state index is 5.32. The van der Waals surface area contributed by atoms with Gasteiger partial charge in [0.25, 0.3) is 0 Å². The van der Waals surface area contributed by atoms with Gasteiger partial charge in [0.2, 0.25) is 0 Å². The predicted molar refractivity (Wildman–Crippen MR) is 89.8 cm³/mol. The maximum Gasteiger partial charge on any atom is 0.119 e. The molecular weight excluding hydrogens is 328 g/mol. The molecule has 3 nitrogen and oxygen atoms in total. The van der Waals surface area contributed by atoms with Crippen LogP contribution in [0.2, 0.25) is 0 Å². The van der Waals surface area contributed by atoms with Gasteiger partial charge in [0, 0.05) is 22.4 Å². The second-order valence-electron chi connectivity index (χ2n) is 5.00. The number of nitrogens with one attached hydrogen (secondary N) is 1. The molecule has 0 bridgehead atoms. The van der Waals surface area contributed by atoms with Crippen LogP contribution in [0.5, 0.6) is 5.75 Å². The van der Waals surface area contributed by atoms with Crippen molar-refractivity contribution in [3.63, 3.8) is 0 Å². The molecule has 1 atom stereocenters. The standard InChI is InChI=1S/C17H21BrN2O/c1-4-19-17(13-6-5-12(2)20-11-13)10-14-9-15(21-3)7-8-16(14)18/h5-9,11,17,19H,4,10H2,1-3H3. The second-order valence-corrected chi connectivity index (χ2v) is 5.86. The van der Waals surface area contributed by atoms with Crippen molar-refractivity contribution in [1.82, 2.24) is 10.3 Å². The van der Waals surface area contributed by atoms with Crippen molar-refractivity contribution in [2.75, 3.05) is 13.7 Å². The van der Waals surface area contributed by atoms with Crippen molar-refractivity contribution >= 4 is 15.9 Å². The van der Waals surface area contributed by atoms with Crippen LogP contribution in [0.25, 0.3) is 0 Å². The van der Waals surface area contributed by atoms with Gasteiger partial charge in [0.1, 0.15) is 5.75 Å². The van der Waals surface area contributed by atoms with E-state index in [2.05, 4.69) is 51.4 Å². The van der Waals surface area contributed by atoms with Crippen molar-refractivity contribution in [2.24, 2.45) is 0 Å². The summed E-state index contributed by atoms with van der Waals surface area (Å²) in [5, 5.41) is 3.53. The number of nitrogens with zero attached hydrogens (tertiary/aromatic N) is 1. The minimum atomic E-state index is 0.242. The highest BCUT2D eigenvalue weighted by molar-refractivity contribution is 9.10. The van der Waals surface area contributed by atoms with E-state index in [1.54, 1.807) is 7.11 Å². The third-order valence-corrected chi connectivity index (χ3v) is 4.24.